The van der Waals surface area contributed by atoms with Crippen LogP contribution >= 0.6 is 0 Å². The van der Waals surface area contributed by atoms with Gasteiger partial charge in [0.2, 0.25) is 0 Å². The average molecular weight is 208 g/mol. The minimum atomic E-state index is -0.0771. The van der Waals surface area contributed by atoms with Crippen molar-refractivity contribution in [2.45, 2.75) is 32.8 Å². The van der Waals surface area contributed by atoms with Crippen LogP contribution < -0.4 is 0 Å². The normalized spacial score (nSPS) is 31.1. The molecule has 84 valence electrons. The molecule has 0 bridgehead atoms. The molecule has 1 heterocycles. The number of cyclic esters (lactones) is 1. The fraction of sp³-hybridized carbons (Fsp3) is 0.615. The number of esters is 1. The largest absolute Gasteiger partial charge is 0.461 e. The van der Waals surface area contributed by atoms with Gasteiger partial charge in [-0.25, -0.2) is 0 Å². The van der Waals surface area contributed by atoms with Crippen molar-refractivity contribution in [3.05, 3.63) is 25.3 Å². The van der Waals surface area contributed by atoms with Gasteiger partial charge in [-0.3, -0.25) is 4.79 Å². The number of hydrogen-bond donors (Lipinski definition) is 0. The Balaban J connectivity index is 2.72. The molecule has 1 rings (SSSR count). The molecule has 0 spiro atoms. The van der Waals surface area contributed by atoms with Gasteiger partial charge in [0.05, 0.1) is 5.92 Å². The summed E-state index contributed by atoms with van der Waals surface area (Å²) < 4.78 is 5.46. The first kappa shape index (κ1) is 12.0. The van der Waals surface area contributed by atoms with Crippen molar-refractivity contribution in [2.75, 3.05) is 0 Å². The number of carbonyl (C=O) groups excluding carboxylic acids is 1. The molecule has 1 aliphatic rings. The number of allylic oxidation sites excluding steroid dienone is 1. The second-order valence-electron chi connectivity index (χ2n) is 4.50. The Bertz CT molecular complexity index is 255. The summed E-state index contributed by atoms with van der Waals surface area (Å²) in [5, 5.41) is 0. The van der Waals surface area contributed by atoms with Gasteiger partial charge >= 0.3 is 5.97 Å². The SMILES string of the molecule is C=CC[C@@H]1C[C@H](C=C)[C@@H](C(C)C)OC1=O. The molecule has 1 aliphatic heterocycles. The lowest BCUT2D eigenvalue weighted by molar-refractivity contribution is -0.167. The molecule has 0 saturated carbocycles. The van der Waals surface area contributed by atoms with Crippen LogP contribution in [0.2, 0.25) is 0 Å². The van der Waals surface area contributed by atoms with E-state index in [0.29, 0.717) is 12.3 Å². The summed E-state index contributed by atoms with van der Waals surface area (Å²) in [5.74, 6) is 0.529. The maximum atomic E-state index is 11.7. The third-order valence-electron chi connectivity index (χ3n) is 2.98. The Morgan fingerprint density at radius 1 is 1.53 bits per heavy atom. The van der Waals surface area contributed by atoms with Gasteiger partial charge in [-0.1, -0.05) is 26.0 Å². The molecule has 0 amide bonds. The minimum absolute atomic E-state index is 0.00364. The minimum Gasteiger partial charge on any atom is -0.461 e. The summed E-state index contributed by atoms with van der Waals surface area (Å²) in [6, 6.07) is 0. The first-order chi connectivity index (χ1) is 7.10. The number of carbonyl (C=O) groups is 1. The number of rotatable bonds is 4. The molecule has 0 aromatic carbocycles. The van der Waals surface area contributed by atoms with Crippen molar-refractivity contribution in [2.24, 2.45) is 17.8 Å². The molecule has 0 N–H and O–H groups in total. The standard InChI is InChI=1S/C13H20O2/c1-5-7-11-8-10(6-2)12(9(3)4)15-13(11)14/h5-6,9-12H,1-2,7-8H2,3-4H3/t10-,11+,12+/m0/s1. The van der Waals surface area contributed by atoms with Crippen LogP contribution in [0.15, 0.2) is 25.3 Å². The predicted octanol–water partition coefficient (Wildman–Crippen LogP) is 2.95. The molecule has 0 unspecified atom stereocenters. The van der Waals surface area contributed by atoms with Gasteiger partial charge in [0.1, 0.15) is 6.10 Å². The summed E-state index contributed by atoms with van der Waals surface area (Å²) >= 11 is 0. The average Bonchev–Trinajstić information content (AvgIpc) is 2.20. The van der Waals surface area contributed by atoms with E-state index in [-0.39, 0.29) is 23.9 Å². The fourth-order valence-corrected chi connectivity index (χ4v) is 2.13. The topological polar surface area (TPSA) is 26.3 Å². The highest BCUT2D eigenvalue weighted by atomic mass is 16.5. The molecule has 0 aliphatic carbocycles. The molecule has 0 radical (unpaired) electrons. The van der Waals surface area contributed by atoms with Crippen LogP contribution in [-0.4, -0.2) is 12.1 Å². The van der Waals surface area contributed by atoms with Gasteiger partial charge in [-0.2, -0.15) is 0 Å². The molecule has 0 aromatic heterocycles. The first-order valence-electron chi connectivity index (χ1n) is 5.54. The summed E-state index contributed by atoms with van der Waals surface area (Å²) in [5.41, 5.74) is 0. The lowest BCUT2D eigenvalue weighted by Crippen LogP contribution is -2.40. The Morgan fingerprint density at radius 2 is 2.20 bits per heavy atom. The van der Waals surface area contributed by atoms with Crippen LogP contribution in [0.25, 0.3) is 0 Å². The Hall–Kier alpha value is -1.05. The number of hydrogen-bond acceptors (Lipinski definition) is 2. The highest BCUT2D eigenvalue weighted by Crippen LogP contribution is 2.32. The van der Waals surface area contributed by atoms with Gasteiger partial charge in [-0.15, -0.1) is 13.2 Å². The van der Waals surface area contributed by atoms with E-state index in [1.54, 1.807) is 6.08 Å². The summed E-state index contributed by atoms with van der Waals surface area (Å²) in [7, 11) is 0. The van der Waals surface area contributed by atoms with E-state index in [2.05, 4.69) is 27.0 Å². The van der Waals surface area contributed by atoms with Crippen LogP contribution in [0.4, 0.5) is 0 Å². The Kier molecular flexibility index (Phi) is 4.13. The van der Waals surface area contributed by atoms with E-state index in [9.17, 15) is 4.79 Å². The van der Waals surface area contributed by atoms with Crippen LogP contribution in [0.1, 0.15) is 26.7 Å². The predicted molar refractivity (Wildman–Crippen MR) is 61.3 cm³/mol. The van der Waals surface area contributed by atoms with E-state index in [1.165, 1.54) is 0 Å². The van der Waals surface area contributed by atoms with Gasteiger partial charge in [0, 0.05) is 5.92 Å². The quantitative estimate of drug-likeness (QED) is 0.524. The van der Waals surface area contributed by atoms with Crippen molar-refractivity contribution >= 4 is 5.97 Å². The zero-order valence-corrected chi connectivity index (χ0v) is 9.61. The zero-order valence-electron chi connectivity index (χ0n) is 9.61. The van der Waals surface area contributed by atoms with Gasteiger partial charge in [-0.05, 0) is 18.8 Å². The lowest BCUT2D eigenvalue weighted by atomic mass is 9.82. The summed E-state index contributed by atoms with van der Waals surface area (Å²) in [6.07, 6.45) is 5.23. The molecular formula is C13H20O2. The summed E-state index contributed by atoms with van der Waals surface area (Å²) in [6.45, 7) is 11.6. The third-order valence-corrected chi connectivity index (χ3v) is 2.98. The van der Waals surface area contributed by atoms with Crippen LogP contribution in [0.3, 0.4) is 0 Å². The smallest absolute Gasteiger partial charge is 0.309 e. The maximum absolute atomic E-state index is 11.7. The third kappa shape index (κ3) is 2.71. The van der Waals surface area contributed by atoms with E-state index in [1.807, 2.05) is 6.08 Å². The molecule has 1 saturated heterocycles. The summed E-state index contributed by atoms with van der Waals surface area (Å²) in [4.78, 5) is 11.7. The van der Waals surface area contributed by atoms with Crippen molar-refractivity contribution in [3.8, 4) is 0 Å². The lowest BCUT2D eigenvalue weighted by Gasteiger charge is -2.35. The molecule has 2 nitrogen and oxygen atoms in total. The van der Waals surface area contributed by atoms with Crippen molar-refractivity contribution in [3.63, 3.8) is 0 Å². The number of ether oxygens (including phenoxy) is 1. The Morgan fingerprint density at radius 3 is 2.67 bits per heavy atom. The second-order valence-corrected chi connectivity index (χ2v) is 4.50. The Labute approximate surface area is 92.0 Å². The molecule has 2 heteroatoms. The van der Waals surface area contributed by atoms with Gasteiger partial charge in [0.25, 0.3) is 0 Å². The highest BCUT2D eigenvalue weighted by Gasteiger charge is 2.36. The van der Waals surface area contributed by atoms with E-state index < -0.39 is 0 Å². The van der Waals surface area contributed by atoms with Crippen molar-refractivity contribution in [1.29, 1.82) is 0 Å². The van der Waals surface area contributed by atoms with Crippen molar-refractivity contribution in [1.82, 2.24) is 0 Å². The molecule has 1 fully saturated rings. The van der Waals surface area contributed by atoms with Crippen molar-refractivity contribution < 1.29 is 9.53 Å². The van der Waals surface area contributed by atoms with Crippen LogP contribution in [-0.2, 0) is 9.53 Å². The van der Waals surface area contributed by atoms with E-state index in [4.69, 9.17) is 4.74 Å². The highest BCUT2D eigenvalue weighted by molar-refractivity contribution is 5.73. The zero-order chi connectivity index (χ0) is 11.4. The van der Waals surface area contributed by atoms with Crippen LogP contribution in [0, 0.1) is 17.8 Å². The van der Waals surface area contributed by atoms with Gasteiger partial charge in [0.15, 0.2) is 0 Å². The fourth-order valence-electron chi connectivity index (χ4n) is 2.13. The van der Waals surface area contributed by atoms with E-state index in [0.717, 1.165) is 6.42 Å². The second kappa shape index (κ2) is 5.15. The molecular weight excluding hydrogens is 188 g/mol. The van der Waals surface area contributed by atoms with Crippen LogP contribution in [0.5, 0.6) is 0 Å². The molecule has 15 heavy (non-hydrogen) atoms. The first-order valence-corrected chi connectivity index (χ1v) is 5.54. The molecule has 3 atom stereocenters. The van der Waals surface area contributed by atoms with E-state index >= 15 is 0 Å². The maximum Gasteiger partial charge on any atom is 0.309 e. The van der Waals surface area contributed by atoms with Gasteiger partial charge < -0.3 is 4.74 Å². The monoisotopic (exact) mass is 208 g/mol. The molecule has 0 aromatic rings.